The van der Waals surface area contributed by atoms with Gasteiger partial charge in [0.1, 0.15) is 18.3 Å². The first kappa shape index (κ1) is 18.1. The Morgan fingerprint density at radius 2 is 1.71 bits per heavy atom. The van der Waals surface area contributed by atoms with Crippen LogP contribution >= 0.6 is 0 Å². The van der Waals surface area contributed by atoms with E-state index < -0.39 is 24.5 Å². The van der Waals surface area contributed by atoms with Crippen LogP contribution in [0.2, 0.25) is 0 Å². The third kappa shape index (κ3) is 4.42. The largest absolute Gasteiger partial charge is 0.388 e. The van der Waals surface area contributed by atoms with Crippen LogP contribution in [0.3, 0.4) is 0 Å². The zero-order valence-electron chi connectivity index (χ0n) is 13.3. The molecular weight excluding hydrogens is 318 g/mol. The minimum absolute atomic E-state index is 0.156. The van der Waals surface area contributed by atoms with E-state index >= 15 is 0 Å². The van der Waals surface area contributed by atoms with Crippen LogP contribution in [0, 0.1) is 0 Å². The predicted octanol–water partition coefficient (Wildman–Crippen LogP) is -0.546. The molecule has 0 bridgehead atoms. The highest BCUT2D eigenvalue weighted by atomic mass is 16.5. The summed E-state index contributed by atoms with van der Waals surface area (Å²) >= 11 is 0. The van der Waals surface area contributed by atoms with Crippen molar-refractivity contribution in [3.8, 4) is 0 Å². The summed E-state index contributed by atoms with van der Waals surface area (Å²) in [6, 6.07) is 4.74. The molecule has 1 aliphatic rings. The number of hydrogen-bond acceptors (Lipinski definition) is 7. The molecule has 1 fully saturated rings. The molecule has 1 heterocycles. The molecule has 0 aliphatic carbocycles. The average molecular weight is 339 g/mol. The zero-order chi connectivity index (χ0) is 17.9. The minimum Gasteiger partial charge on any atom is -0.388 e. The smallest absolute Gasteiger partial charge is 0.221 e. The van der Waals surface area contributed by atoms with E-state index in [1.807, 2.05) is 0 Å². The van der Waals surface area contributed by atoms with E-state index in [2.05, 4.69) is 16.0 Å². The maximum atomic E-state index is 11.3. The second-order valence-electron chi connectivity index (χ2n) is 5.57. The Bertz CT molecular complexity index is 623. The number of nitrogens with one attached hydrogen (secondary N) is 3. The summed E-state index contributed by atoms with van der Waals surface area (Å²) in [5.74, 6) is -0.563. The van der Waals surface area contributed by atoms with E-state index in [0.29, 0.717) is 17.1 Å². The van der Waals surface area contributed by atoms with Gasteiger partial charge >= 0.3 is 0 Å². The van der Waals surface area contributed by atoms with Gasteiger partial charge in [0, 0.05) is 19.5 Å². The van der Waals surface area contributed by atoms with Crippen molar-refractivity contribution in [3.05, 3.63) is 18.2 Å². The van der Waals surface area contributed by atoms with Gasteiger partial charge in [0.2, 0.25) is 11.8 Å². The van der Waals surface area contributed by atoms with Crippen LogP contribution < -0.4 is 16.0 Å². The molecule has 2 amide bonds. The third-order valence-corrected chi connectivity index (χ3v) is 3.45. The van der Waals surface area contributed by atoms with Crippen molar-refractivity contribution >= 4 is 28.9 Å². The lowest BCUT2D eigenvalue weighted by Gasteiger charge is -2.36. The summed E-state index contributed by atoms with van der Waals surface area (Å²) in [6.45, 7) is 2.55. The first-order valence-electron chi connectivity index (χ1n) is 7.39. The van der Waals surface area contributed by atoms with E-state index in [4.69, 9.17) is 4.74 Å². The highest BCUT2D eigenvalue weighted by Crippen LogP contribution is 2.28. The number of aliphatic hydroxyl groups is 3. The fraction of sp³-hybridized carbons (Fsp3) is 0.467. The van der Waals surface area contributed by atoms with Gasteiger partial charge in [-0.15, -0.1) is 0 Å². The molecule has 1 aliphatic heterocycles. The molecule has 9 nitrogen and oxygen atoms in total. The Morgan fingerprint density at radius 3 is 2.33 bits per heavy atom. The third-order valence-electron chi connectivity index (χ3n) is 3.45. The van der Waals surface area contributed by atoms with Crippen LogP contribution in [0.1, 0.15) is 13.8 Å². The van der Waals surface area contributed by atoms with Crippen LogP contribution in [0.25, 0.3) is 0 Å². The van der Waals surface area contributed by atoms with Crippen LogP contribution in [-0.2, 0) is 14.3 Å². The first-order chi connectivity index (χ1) is 11.3. The Hall–Kier alpha value is -2.20. The highest BCUT2D eigenvalue weighted by molar-refractivity contribution is 5.95. The molecule has 0 radical (unpaired) electrons. The summed E-state index contributed by atoms with van der Waals surface area (Å²) < 4.78 is 5.29. The number of hydrogen-bond donors (Lipinski definition) is 6. The molecule has 0 unspecified atom stereocenters. The molecule has 6 N–H and O–H groups in total. The lowest BCUT2D eigenvalue weighted by molar-refractivity contribution is -0.178. The quantitative estimate of drug-likeness (QED) is 0.433. The van der Waals surface area contributed by atoms with Crippen molar-refractivity contribution < 1.29 is 29.6 Å². The van der Waals surface area contributed by atoms with Gasteiger partial charge in [-0.25, -0.2) is 0 Å². The molecule has 132 valence electrons. The number of carbonyl (C=O) groups is 2. The number of benzene rings is 1. The van der Waals surface area contributed by atoms with Gasteiger partial charge in [-0.3, -0.25) is 9.59 Å². The molecule has 4 atom stereocenters. The molecule has 0 aromatic heterocycles. The maximum absolute atomic E-state index is 11.3. The van der Waals surface area contributed by atoms with Crippen molar-refractivity contribution in [2.24, 2.45) is 0 Å². The van der Waals surface area contributed by atoms with Crippen molar-refractivity contribution in [1.29, 1.82) is 0 Å². The van der Waals surface area contributed by atoms with Crippen LogP contribution in [0.4, 0.5) is 17.1 Å². The molecule has 1 aromatic carbocycles. The summed E-state index contributed by atoms with van der Waals surface area (Å²) in [7, 11) is 0. The van der Waals surface area contributed by atoms with Crippen LogP contribution in [0.5, 0.6) is 0 Å². The van der Waals surface area contributed by atoms with Crippen molar-refractivity contribution in [1.82, 2.24) is 0 Å². The lowest BCUT2D eigenvalue weighted by atomic mass is 10.0. The Kier molecular flexibility index (Phi) is 5.73. The SMILES string of the molecule is CC(=O)Nc1ccc(NC(C)=O)c(N[C@@H]2OC[C@@H](O)[C@@H](O)[C@@H]2O)c1. The highest BCUT2D eigenvalue weighted by Gasteiger charge is 2.37. The molecule has 0 spiro atoms. The second kappa shape index (κ2) is 7.58. The second-order valence-corrected chi connectivity index (χ2v) is 5.57. The van der Waals surface area contributed by atoms with E-state index in [1.54, 1.807) is 18.2 Å². The molecular formula is C15H21N3O6. The number of rotatable bonds is 4. The van der Waals surface area contributed by atoms with Crippen molar-refractivity contribution in [3.63, 3.8) is 0 Å². The van der Waals surface area contributed by atoms with E-state index in [9.17, 15) is 24.9 Å². The van der Waals surface area contributed by atoms with Crippen molar-refractivity contribution in [2.45, 2.75) is 38.4 Å². The summed E-state index contributed by atoms with van der Waals surface area (Å²) in [6.07, 6.45) is -4.91. The lowest BCUT2D eigenvalue weighted by Crippen LogP contribution is -2.55. The van der Waals surface area contributed by atoms with Gasteiger partial charge in [0.15, 0.2) is 6.23 Å². The monoisotopic (exact) mass is 339 g/mol. The number of carbonyl (C=O) groups excluding carboxylic acids is 2. The van der Waals surface area contributed by atoms with Crippen LogP contribution in [0.15, 0.2) is 18.2 Å². The van der Waals surface area contributed by atoms with E-state index in [-0.39, 0.29) is 18.4 Å². The Morgan fingerprint density at radius 1 is 1.04 bits per heavy atom. The minimum atomic E-state index is -1.37. The van der Waals surface area contributed by atoms with Gasteiger partial charge in [-0.05, 0) is 18.2 Å². The van der Waals surface area contributed by atoms with Crippen LogP contribution in [-0.4, -0.2) is 58.3 Å². The molecule has 24 heavy (non-hydrogen) atoms. The predicted molar refractivity (Wildman–Crippen MR) is 86.4 cm³/mol. The Labute approximate surface area is 138 Å². The molecule has 2 rings (SSSR count). The molecule has 1 aromatic rings. The average Bonchev–Trinajstić information content (AvgIpc) is 2.49. The van der Waals surface area contributed by atoms with Gasteiger partial charge in [0.05, 0.1) is 18.0 Å². The molecule has 0 saturated carbocycles. The van der Waals surface area contributed by atoms with Gasteiger partial charge < -0.3 is 36.0 Å². The summed E-state index contributed by atoms with van der Waals surface area (Å²) in [5, 5.41) is 37.3. The maximum Gasteiger partial charge on any atom is 0.221 e. The first-order valence-corrected chi connectivity index (χ1v) is 7.39. The number of anilines is 3. The fourth-order valence-electron chi connectivity index (χ4n) is 2.33. The number of aliphatic hydroxyl groups excluding tert-OH is 3. The van der Waals surface area contributed by atoms with Gasteiger partial charge in [-0.1, -0.05) is 0 Å². The van der Waals surface area contributed by atoms with Gasteiger partial charge in [-0.2, -0.15) is 0 Å². The number of ether oxygens (including phenoxy) is 1. The molecule has 9 heteroatoms. The number of amides is 2. The topological polar surface area (TPSA) is 140 Å². The van der Waals surface area contributed by atoms with E-state index in [0.717, 1.165) is 0 Å². The van der Waals surface area contributed by atoms with Gasteiger partial charge in [0.25, 0.3) is 0 Å². The van der Waals surface area contributed by atoms with E-state index in [1.165, 1.54) is 13.8 Å². The summed E-state index contributed by atoms with van der Waals surface area (Å²) in [4.78, 5) is 22.5. The standard InChI is InChI=1S/C15H21N3O6/c1-7(19)16-9-3-4-10(17-8(2)20)11(5-9)18-15-14(23)13(22)12(21)6-24-15/h3-5,12-15,18,21-23H,6H2,1-2H3,(H,16,19)(H,17,20)/t12-,13-,14+,15-/m1/s1. The summed E-state index contributed by atoms with van der Waals surface area (Å²) in [5.41, 5.74) is 1.27. The Balaban J connectivity index is 2.24. The normalized spacial score (nSPS) is 26.5. The zero-order valence-corrected chi connectivity index (χ0v) is 13.3. The molecule has 1 saturated heterocycles. The van der Waals surface area contributed by atoms with Crippen molar-refractivity contribution in [2.75, 3.05) is 22.6 Å². The fourth-order valence-corrected chi connectivity index (χ4v) is 2.33.